The number of nitrogens with zero attached hydrogens (tertiary/aromatic N) is 2. The van der Waals surface area contributed by atoms with Crippen LogP contribution in [-0.4, -0.2) is 60.6 Å². The minimum Gasteiger partial charge on any atom is -0.465 e. The zero-order chi connectivity index (χ0) is 14.2. The minimum atomic E-state index is -0.451. The number of carbonyl (C=O) groups is 3. The van der Waals surface area contributed by atoms with Crippen LogP contribution in [0.3, 0.4) is 0 Å². The second-order valence-electron chi connectivity index (χ2n) is 4.89. The molecule has 0 bridgehead atoms. The molecule has 0 aromatic rings. The molecule has 0 aliphatic carbocycles. The SMILES string of the molecule is CCOC(=O)C1CCC2C(=O)N(C)C(=O)N(C)C2N1. The van der Waals surface area contributed by atoms with Crippen LogP contribution in [-0.2, 0) is 14.3 Å². The van der Waals surface area contributed by atoms with Crippen molar-refractivity contribution >= 4 is 17.9 Å². The third-order valence-corrected chi connectivity index (χ3v) is 3.74. The molecule has 0 aromatic carbocycles. The Kier molecular flexibility index (Phi) is 3.75. The maximum Gasteiger partial charge on any atom is 0.327 e. The number of nitrogens with one attached hydrogen (secondary N) is 1. The summed E-state index contributed by atoms with van der Waals surface area (Å²) in [6.45, 7) is 2.07. The first-order chi connectivity index (χ1) is 8.97. The first kappa shape index (κ1) is 13.8. The molecule has 2 fully saturated rings. The molecule has 0 spiro atoms. The van der Waals surface area contributed by atoms with Gasteiger partial charge < -0.3 is 9.64 Å². The third-order valence-electron chi connectivity index (χ3n) is 3.74. The number of esters is 1. The molecular formula is C12H19N3O4. The molecule has 0 aromatic heterocycles. The molecule has 0 saturated carbocycles. The Labute approximate surface area is 111 Å². The van der Waals surface area contributed by atoms with E-state index in [0.29, 0.717) is 19.4 Å². The average molecular weight is 269 g/mol. The van der Waals surface area contributed by atoms with E-state index in [1.807, 2.05) is 0 Å². The summed E-state index contributed by atoms with van der Waals surface area (Å²) in [4.78, 5) is 38.2. The Balaban J connectivity index is 2.12. The molecule has 2 rings (SSSR count). The van der Waals surface area contributed by atoms with Gasteiger partial charge in [0.25, 0.3) is 0 Å². The maximum atomic E-state index is 12.0. The highest BCUT2D eigenvalue weighted by atomic mass is 16.5. The molecule has 1 N–H and O–H groups in total. The van der Waals surface area contributed by atoms with Crippen molar-refractivity contribution < 1.29 is 19.1 Å². The maximum absolute atomic E-state index is 12.0. The number of hydrogen-bond donors (Lipinski definition) is 1. The Morgan fingerprint density at radius 1 is 1.37 bits per heavy atom. The fraction of sp³-hybridized carbons (Fsp3) is 0.750. The predicted octanol–water partition coefficient (Wildman–Crippen LogP) is -0.232. The highest BCUT2D eigenvalue weighted by Crippen LogP contribution is 2.28. The fourth-order valence-corrected chi connectivity index (χ4v) is 2.68. The van der Waals surface area contributed by atoms with Gasteiger partial charge in [0.1, 0.15) is 6.04 Å². The molecule has 3 amide bonds. The molecule has 2 aliphatic rings. The number of carbonyl (C=O) groups excluding carboxylic acids is 3. The summed E-state index contributed by atoms with van der Waals surface area (Å²) in [6.07, 6.45) is 0.683. The Morgan fingerprint density at radius 2 is 2.05 bits per heavy atom. The summed E-state index contributed by atoms with van der Waals surface area (Å²) < 4.78 is 4.97. The van der Waals surface area contributed by atoms with Gasteiger partial charge >= 0.3 is 12.0 Å². The Bertz CT molecular complexity index is 412. The van der Waals surface area contributed by atoms with Crippen LogP contribution < -0.4 is 5.32 Å². The molecule has 3 atom stereocenters. The summed E-state index contributed by atoms with van der Waals surface area (Å²) in [6, 6.07) is -0.809. The van der Waals surface area contributed by atoms with Crippen LogP contribution >= 0.6 is 0 Å². The molecule has 2 aliphatic heterocycles. The number of rotatable bonds is 2. The van der Waals surface area contributed by atoms with Crippen LogP contribution in [0.4, 0.5) is 4.79 Å². The van der Waals surface area contributed by atoms with Crippen molar-refractivity contribution in [2.45, 2.75) is 32.0 Å². The predicted molar refractivity (Wildman–Crippen MR) is 66.0 cm³/mol. The number of fused-ring (bicyclic) bond motifs is 1. The highest BCUT2D eigenvalue weighted by molar-refractivity contribution is 5.98. The van der Waals surface area contributed by atoms with Crippen LogP contribution in [0, 0.1) is 5.92 Å². The number of hydrogen-bond acceptors (Lipinski definition) is 5. The van der Waals surface area contributed by atoms with E-state index in [-0.39, 0.29) is 23.8 Å². The number of amides is 3. The Hall–Kier alpha value is -1.63. The average Bonchev–Trinajstić information content (AvgIpc) is 2.42. The third kappa shape index (κ3) is 2.30. The number of urea groups is 1. The van der Waals surface area contributed by atoms with E-state index in [2.05, 4.69) is 5.32 Å². The van der Waals surface area contributed by atoms with E-state index in [0.717, 1.165) is 4.90 Å². The quantitative estimate of drug-likeness (QED) is 0.700. The summed E-state index contributed by atoms with van der Waals surface area (Å²) in [5, 5.41) is 3.05. The summed E-state index contributed by atoms with van der Waals surface area (Å²) >= 11 is 0. The van der Waals surface area contributed by atoms with Crippen molar-refractivity contribution in [3.63, 3.8) is 0 Å². The first-order valence-electron chi connectivity index (χ1n) is 6.44. The van der Waals surface area contributed by atoms with Gasteiger partial charge in [-0.25, -0.2) is 4.79 Å². The van der Waals surface area contributed by atoms with Gasteiger partial charge in [-0.15, -0.1) is 0 Å². The van der Waals surface area contributed by atoms with Gasteiger partial charge in [0.05, 0.1) is 18.7 Å². The van der Waals surface area contributed by atoms with Gasteiger partial charge in [0.15, 0.2) is 0 Å². The highest BCUT2D eigenvalue weighted by Gasteiger charge is 2.47. The zero-order valence-electron chi connectivity index (χ0n) is 11.4. The Morgan fingerprint density at radius 3 is 2.68 bits per heavy atom. The molecule has 0 radical (unpaired) electrons. The van der Waals surface area contributed by atoms with Crippen LogP contribution in [0.5, 0.6) is 0 Å². The fourth-order valence-electron chi connectivity index (χ4n) is 2.68. The molecule has 2 heterocycles. The standard InChI is InChI=1S/C12H19N3O4/c1-4-19-11(17)8-6-5-7-9(13-8)14(2)12(18)15(3)10(7)16/h7-9,13H,4-6H2,1-3H3. The van der Waals surface area contributed by atoms with Gasteiger partial charge in [0.2, 0.25) is 5.91 Å². The van der Waals surface area contributed by atoms with Crippen molar-refractivity contribution in [1.82, 2.24) is 15.1 Å². The second-order valence-corrected chi connectivity index (χ2v) is 4.89. The van der Waals surface area contributed by atoms with Gasteiger partial charge in [-0.1, -0.05) is 0 Å². The van der Waals surface area contributed by atoms with Crippen LogP contribution in [0.2, 0.25) is 0 Å². The van der Waals surface area contributed by atoms with Crippen LogP contribution in [0.25, 0.3) is 0 Å². The van der Waals surface area contributed by atoms with E-state index < -0.39 is 12.2 Å². The van der Waals surface area contributed by atoms with Gasteiger partial charge in [-0.2, -0.15) is 0 Å². The normalized spacial score (nSPS) is 31.2. The lowest BCUT2D eigenvalue weighted by Gasteiger charge is -2.46. The van der Waals surface area contributed by atoms with Crippen LogP contribution in [0.1, 0.15) is 19.8 Å². The summed E-state index contributed by atoms with van der Waals surface area (Å²) in [5.41, 5.74) is 0. The topological polar surface area (TPSA) is 79.0 Å². The van der Waals surface area contributed by atoms with Crippen LogP contribution in [0.15, 0.2) is 0 Å². The van der Waals surface area contributed by atoms with Crippen molar-refractivity contribution in [3.05, 3.63) is 0 Å². The van der Waals surface area contributed by atoms with Gasteiger partial charge in [0, 0.05) is 14.1 Å². The lowest BCUT2D eigenvalue weighted by atomic mass is 9.88. The zero-order valence-corrected chi connectivity index (χ0v) is 11.4. The second kappa shape index (κ2) is 5.16. The molecule has 7 nitrogen and oxygen atoms in total. The smallest absolute Gasteiger partial charge is 0.327 e. The number of piperidine rings is 1. The number of imide groups is 1. The molecule has 2 saturated heterocycles. The van der Waals surface area contributed by atoms with E-state index in [9.17, 15) is 14.4 Å². The molecule has 3 unspecified atom stereocenters. The van der Waals surface area contributed by atoms with Crippen molar-refractivity contribution in [2.75, 3.05) is 20.7 Å². The molecule has 7 heteroatoms. The molecule has 19 heavy (non-hydrogen) atoms. The minimum absolute atomic E-state index is 0.192. The van der Waals surface area contributed by atoms with E-state index in [1.165, 1.54) is 11.9 Å². The largest absolute Gasteiger partial charge is 0.465 e. The van der Waals surface area contributed by atoms with E-state index in [1.54, 1.807) is 14.0 Å². The lowest BCUT2D eigenvalue weighted by Crippen LogP contribution is -2.68. The first-order valence-corrected chi connectivity index (χ1v) is 6.44. The van der Waals surface area contributed by atoms with E-state index in [4.69, 9.17) is 4.74 Å². The monoisotopic (exact) mass is 269 g/mol. The lowest BCUT2D eigenvalue weighted by molar-refractivity contribution is -0.151. The summed E-state index contributed by atoms with van der Waals surface area (Å²) in [7, 11) is 3.11. The van der Waals surface area contributed by atoms with Crippen molar-refractivity contribution in [2.24, 2.45) is 5.92 Å². The van der Waals surface area contributed by atoms with Gasteiger partial charge in [-0.3, -0.25) is 19.8 Å². The van der Waals surface area contributed by atoms with Gasteiger partial charge in [-0.05, 0) is 19.8 Å². The summed E-state index contributed by atoms with van der Waals surface area (Å²) in [5.74, 6) is -0.811. The van der Waals surface area contributed by atoms with E-state index >= 15 is 0 Å². The van der Waals surface area contributed by atoms with Crippen molar-refractivity contribution in [3.8, 4) is 0 Å². The molecule has 106 valence electrons. The van der Waals surface area contributed by atoms with Crippen molar-refractivity contribution in [1.29, 1.82) is 0 Å². The number of ether oxygens (including phenoxy) is 1. The molecular weight excluding hydrogens is 250 g/mol.